The normalized spacial score (nSPS) is 17.3. The van der Waals surface area contributed by atoms with Crippen molar-refractivity contribution in [2.45, 2.75) is 31.7 Å². The number of pyridine rings is 1. The van der Waals surface area contributed by atoms with Gasteiger partial charge in [0.1, 0.15) is 0 Å². The van der Waals surface area contributed by atoms with Gasteiger partial charge in [0.15, 0.2) is 0 Å². The zero-order valence-corrected chi connectivity index (χ0v) is 13.3. The highest BCUT2D eigenvalue weighted by Gasteiger charge is 2.28. The Hall–Kier alpha value is -2.50. The quantitative estimate of drug-likeness (QED) is 0.913. The summed E-state index contributed by atoms with van der Waals surface area (Å²) in [6.07, 6.45) is 6.80. The maximum Gasteiger partial charge on any atom is 0.225 e. The molecule has 1 atom stereocenters. The predicted molar refractivity (Wildman–Crippen MR) is 88.0 cm³/mol. The third-order valence-corrected chi connectivity index (χ3v) is 4.12. The molecule has 1 aliphatic heterocycles. The Morgan fingerprint density at radius 1 is 1.30 bits per heavy atom. The van der Waals surface area contributed by atoms with E-state index in [2.05, 4.69) is 26.3 Å². The van der Waals surface area contributed by atoms with Gasteiger partial charge in [-0.25, -0.2) is 9.97 Å². The molecule has 0 aromatic carbocycles. The molecule has 0 saturated carbocycles. The first kappa shape index (κ1) is 15.4. The Morgan fingerprint density at radius 2 is 2.13 bits per heavy atom. The minimum atomic E-state index is 0.0392. The zero-order valence-electron chi connectivity index (χ0n) is 13.3. The van der Waals surface area contributed by atoms with Crippen LogP contribution in [0.4, 0.5) is 5.95 Å². The van der Waals surface area contributed by atoms with Crippen LogP contribution in [0.1, 0.15) is 36.7 Å². The summed E-state index contributed by atoms with van der Waals surface area (Å²) in [5.74, 6) is 0.796. The second kappa shape index (κ2) is 7.17. The number of carbonyl (C=O) groups excluding carboxylic acids is 1. The van der Waals surface area contributed by atoms with E-state index in [-0.39, 0.29) is 11.9 Å². The first-order chi connectivity index (χ1) is 11.3. The summed E-state index contributed by atoms with van der Waals surface area (Å²) in [6.45, 7) is 0.943. The number of anilines is 1. The minimum absolute atomic E-state index is 0.0392. The molecule has 1 aliphatic rings. The Balaban J connectivity index is 1.76. The Bertz CT molecular complexity index is 661. The maximum absolute atomic E-state index is 11.4. The van der Waals surface area contributed by atoms with E-state index in [4.69, 9.17) is 4.98 Å². The fourth-order valence-electron chi connectivity index (χ4n) is 2.94. The van der Waals surface area contributed by atoms with E-state index < -0.39 is 0 Å². The molecule has 2 aromatic rings. The lowest BCUT2D eigenvalue weighted by atomic mass is 10.1. The fourth-order valence-corrected chi connectivity index (χ4v) is 2.94. The monoisotopic (exact) mass is 311 g/mol. The van der Waals surface area contributed by atoms with Crippen LogP contribution in [0.2, 0.25) is 0 Å². The van der Waals surface area contributed by atoms with Crippen LogP contribution >= 0.6 is 0 Å². The highest BCUT2D eigenvalue weighted by atomic mass is 16.1. The molecule has 0 aliphatic carbocycles. The molecule has 0 spiro atoms. The number of amides is 1. The average molecular weight is 311 g/mol. The lowest BCUT2D eigenvalue weighted by molar-refractivity contribution is -0.120. The van der Waals surface area contributed by atoms with Gasteiger partial charge in [0, 0.05) is 38.1 Å². The molecule has 6 nitrogen and oxygen atoms in total. The van der Waals surface area contributed by atoms with Gasteiger partial charge in [-0.15, -0.1) is 0 Å². The summed E-state index contributed by atoms with van der Waals surface area (Å²) < 4.78 is 0. The van der Waals surface area contributed by atoms with Crippen LogP contribution in [-0.4, -0.2) is 34.5 Å². The second-order valence-corrected chi connectivity index (χ2v) is 5.63. The van der Waals surface area contributed by atoms with Crippen molar-refractivity contribution < 1.29 is 4.79 Å². The smallest absolute Gasteiger partial charge is 0.225 e. The lowest BCUT2D eigenvalue weighted by Crippen LogP contribution is -2.25. The molecule has 0 radical (unpaired) electrons. The van der Waals surface area contributed by atoms with Crippen molar-refractivity contribution in [3.05, 3.63) is 48.0 Å². The summed E-state index contributed by atoms with van der Waals surface area (Å²) in [6, 6.07) is 8.08. The summed E-state index contributed by atoms with van der Waals surface area (Å²) in [7, 11) is 1.66. The number of nitrogens with zero attached hydrogens (tertiary/aromatic N) is 4. The van der Waals surface area contributed by atoms with Crippen molar-refractivity contribution >= 4 is 11.9 Å². The molecule has 1 N–H and O–H groups in total. The van der Waals surface area contributed by atoms with Crippen LogP contribution in [0.5, 0.6) is 0 Å². The number of aromatic nitrogens is 3. The second-order valence-electron chi connectivity index (χ2n) is 5.63. The van der Waals surface area contributed by atoms with E-state index in [1.54, 1.807) is 19.4 Å². The third-order valence-electron chi connectivity index (χ3n) is 4.12. The topological polar surface area (TPSA) is 71.0 Å². The fraction of sp³-hybridized carbons (Fsp3) is 0.412. The molecule has 3 rings (SSSR count). The molecule has 23 heavy (non-hydrogen) atoms. The van der Waals surface area contributed by atoms with Gasteiger partial charge in [-0.05, 0) is 37.5 Å². The molecule has 3 heterocycles. The molecule has 1 saturated heterocycles. The van der Waals surface area contributed by atoms with Crippen molar-refractivity contribution in [1.29, 1.82) is 0 Å². The van der Waals surface area contributed by atoms with Crippen molar-refractivity contribution in [3.63, 3.8) is 0 Å². The highest BCUT2D eigenvalue weighted by molar-refractivity contribution is 5.75. The molecule has 1 fully saturated rings. The summed E-state index contributed by atoms with van der Waals surface area (Å²) in [5.41, 5.74) is 1.98. The van der Waals surface area contributed by atoms with Gasteiger partial charge in [-0.3, -0.25) is 9.78 Å². The van der Waals surface area contributed by atoms with Gasteiger partial charge in [0.2, 0.25) is 11.9 Å². The standard InChI is InChI=1S/C17H21N5O/c1-18-16(23)9-8-13-5-2-6-14(21-13)15-7-3-12-22(15)17-19-10-4-11-20-17/h2,4-6,10-11,15H,3,7-9,12H2,1H3,(H,18,23). The average Bonchev–Trinajstić information content (AvgIpc) is 3.10. The van der Waals surface area contributed by atoms with E-state index in [1.165, 1.54) is 0 Å². The van der Waals surface area contributed by atoms with Crippen LogP contribution in [-0.2, 0) is 11.2 Å². The number of aryl methyl sites for hydroxylation is 1. The van der Waals surface area contributed by atoms with Crippen molar-refractivity contribution in [3.8, 4) is 0 Å². The number of hydrogen-bond donors (Lipinski definition) is 1. The SMILES string of the molecule is CNC(=O)CCc1cccc(C2CCCN2c2ncccn2)n1. The van der Waals surface area contributed by atoms with Gasteiger partial charge < -0.3 is 10.2 Å². The first-order valence-corrected chi connectivity index (χ1v) is 7.98. The molecule has 1 amide bonds. The van der Waals surface area contributed by atoms with Crippen molar-refractivity contribution in [2.24, 2.45) is 0 Å². The van der Waals surface area contributed by atoms with E-state index in [0.717, 1.165) is 36.7 Å². The Morgan fingerprint density at radius 3 is 2.91 bits per heavy atom. The number of hydrogen-bond acceptors (Lipinski definition) is 5. The number of carbonyl (C=O) groups is 1. The van der Waals surface area contributed by atoms with E-state index >= 15 is 0 Å². The molecule has 1 unspecified atom stereocenters. The van der Waals surface area contributed by atoms with E-state index in [9.17, 15) is 4.79 Å². The predicted octanol–water partition coefficient (Wildman–Crippen LogP) is 1.89. The number of nitrogens with one attached hydrogen (secondary N) is 1. The number of rotatable bonds is 5. The molecular weight excluding hydrogens is 290 g/mol. The molecule has 0 bridgehead atoms. The zero-order chi connectivity index (χ0) is 16.1. The van der Waals surface area contributed by atoms with Gasteiger partial charge >= 0.3 is 0 Å². The van der Waals surface area contributed by atoms with Crippen LogP contribution in [0.25, 0.3) is 0 Å². The van der Waals surface area contributed by atoms with Crippen LogP contribution in [0, 0.1) is 0 Å². The van der Waals surface area contributed by atoms with Crippen LogP contribution in [0.3, 0.4) is 0 Å². The van der Waals surface area contributed by atoms with Gasteiger partial charge in [-0.1, -0.05) is 6.07 Å². The van der Waals surface area contributed by atoms with Crippen molar-refractivity contribution in [2.75, 3.05) is 18.5 Å². The third kappa shape index (κ3) is 3.64. The van der Waals surface area contributed by atoms with Gasteiger partial charge in [0.25, 0.3) is 0 Å². The Labute approximate surface area is 136 Å². The summed E-state index contributed by atoms with van der Waals surface area (Å²) in [5, 5.41) is 2.64. The minimum Gasteiger partial charge on any atom is -0.359 e. The largest absolute Gasteiger partial charge is 0.359 e. The highest BCUT2D eigenvalue weighted by Crippen LogP contribution is 2.33. The summed E-state index contributed by atoms with van der Waals surface area (Å²) >= 11 is 0. The van der Waals surface area contributed by atoms with Crippen molar-refractivity contribution in [1.82, 2.24) is 20.3 Å². The molecule has 120 valence electrons. The van der Waals surface area contributed by atoms with E-state index in [1.807, 2.05) is 18.2 Å². The maximum atomic E-state index is 11.4. The van der Waals surface area contributed by atoms with Gasteiger partial charge in [0.05, 0.1) is 11.7 Å². The van der Waals surface area contributed by atoms with E-state index in [0.29, 0.717) is 12.8 Å². The molecule has 2 aromatic heterocycles. The first-order valence-electron chi connectivity index (χ1n) is 7.98. The van der Waals surface area contributed by atoms with Crippen LogP contribution < -0.4 is 10.2 Å². The molecule has 6 heteroatoms. The van der Waals surface area contributed by atoms with Gasteiger partial charge in [-0.2, -0.15) is 0 Å². The Kier molecular flexibility index (Phi) is 4.80. The lowest BCUT2D eigenvalue weighted by Gasteiger charge is -2.24. The van der Waals surface area contributed by atoms with Crippen LogP contribution in [0.15, 0.2) is 36.7 Å². The summed E-state index contributed by atoms with van der Waals surface area (Å²) in [4.78, 5) is 27.1. The molecular formula is C17H21N5O.